The van der Waals surface area contributed by atoms with Gasteiger partial charge in [0, 0.05) is 16.9 Å². The molecule has 194 valence electrons. The maximum atomic E-state index is 6.31. The summed E-state index contributed by atoms with van der Waals surface area (Å²) in [4.78, 5) is 9.31. The van der Waals surface area contributed by atoms with Crippen LogP contribution in [0.2, 0.25) is 0 Å². The van der Waals surface area contributed by atoms with E-state index in [1.165, 1.54) is 0 Å². The molecular weight excluding hydrogens is 494 g/mol. The smallest absolute Gasteiger partial charge is 0.229 e. The Morgan fingerprint density at radius 2 is 1.90 bits per heavy atom. The number of rotatable bonds is 6. The van der Waals surface area contributed by atoms with Gasteiger partial charge in [0.2, 0.25) is 11.7 Å². The third kappa shape index (κ3) is 3.83. The Labute approximate surface area is 223 Å². The van der Waals surface area contributed by atoms with Gasteiger partial charge in [-0.2, -0.15) is 4.98 Å². The maximum Gasteiger partial charge on any atom is 0.229 e. The van der Waals surface area contributed by atoms with Crippen LogP contribution in [0.5, 0.6) is 11.5 Å². The molecule has 0 aliphatic carbocycles. The van der Waals surface area contributed by atoms with Gasteiger partial charge in [0.25, 0.3) is 0 Å². The lowest BCUT2D eigenvalue weighted by Crippen LogP contribution is -2.11. The molecule has 0 amide bonds. The van der Waals surface area contributed by atoms with Gasteiger partial charge in [-0.15, -0.1) is 10.2 Å². The second-order valence-corrected chi connectivity index (χ2v) is 9.70. The van der Waals surface area contributed by atoms with Crippen molar-refractivity contribution in [3.63, 3.8) is 0 Å². The second-order valence-electron chi connectivity index (χ2n) is 9.70. The molecule has 3 aromatic carbocycles. The average Bonchev–Trinajstić information content (AvgIpc) is 3.69. The number of ether oxygens (including phenoxy) is 2. The van der Waals surface area contributed by atoms with Gasteiger partial charge in [0.15, 0.2) is 11.6 Å². The van der Waals surface area contributed by atoms with Gasteiger partial charge in [-0.05, 0) is 29.7 Å². The van der Waals surface area contributed by atoms with Crippen molar-refractivity contribution in [2.45, 2.75) is 32.9 Å². The number of aromatic nitrogens is 7. The fourth-order valence-electron chi connectivity index (χ4n) is 4.94. The number of benzene rings is 3. The van der Waals surface area contributed by atoms with E-state index in [4.69, 9.17) is 19.0 Å². The number of hydrogen-bond donors (Lipinski definition) is 0. The normalized spacial score (nSPS) is 12.2. The van der Waals surface area contributed by atoms with Crippen LogP contribution in [0.15, 0.2) is 71.5 Å². The van der Waals surface area contributed by atoms with E-state index < -0.39 is 0 Å². The summed E-state index contributed by atoms with van der Waals surface area (Å²) in [5.41, 5.74) is 3.32. The molecule has 10 nitrogen and oxygen atoms in total. The maximum absolute atomic E-state index is 6.31. The topological polar surface area (TPSA) is 106 Å². The summed E-state index contributed by atoms with van der Waals surface area (Å²) in [5.74, 6) is 4.05. The van der Waals surface area contributed by atoms with Crippen LogP contribution in [-0.4, -0.2) is 41.6 Å². The Bertz CT molecular complexity index is 1830. The SMILES string of the molecule is COc1ccc2c(c1)-c1nnc(COc3cccc4ccccc34)n1Cc1c(-c3noc(C(C)C)n3)ncn1-2. The summed E-state index contributed by atoms with van der Waals surface area (Å²) in [6, 6.07) is 20.1. The zero-order chi connectivity index (χ0) is 26.5. The molecule has 1 aliphatic rings. The van der Waals surface area contributed by atoms with Gasteiger partial charge in [-0.25, -0.2) is 4.98 Å². The number of nitrogens with zero attached hydrogens (tertiary/aromatic N) is 7. The Kier molecular flexibility index (Phi) is 5.39. The summed E-state index contributed by atoms with van der Waals surface area (Å²) >= 11 is 0. The largest absolute Gasteiger partial charge is 0.497 e. The fourth-order valence-corrected chi connectivity index (χ4v) is 4.94. The van der Waals surface area contributed by atoms with Crippen LogP contribution >= 0.6 is 0 Å². The number of imidazole rings is 1. The Morgan fingerprint density at radius 3 is 2.74 bits per heavy atom. The highest BCUT2D eigenvalue weighted by Crippen LogP contribution is 2.37. The third-order valence-corrected chi connectivity index (χ3v) is 6.96. The van der Waals surface area contributed by atoms with E-state index in [-0.39, 0.29) is 12.5 Å². The first-order valence-corrected chi connectivity index (χ1v) is 12.7. The Morgan fingerprint density at radius 1 is 1.03 bits per heavy atom. The van der Waals surface area contributed by atoms with Gasteiger partial charge < -0.3 is 18.6 Å². The molecule has 0 spiro atoms. The highest BCUT2D eigenvalue weighted by molar-refractivity contribution is 5.88. The molecular formula is C29H25N7O3. The minimum Gasteiger partial charge on any atom is -0.497 e. The third-order valence-electron chi connectivity index (χ3n) is 6.96. The second kappa shape index (κ2) is 9.09. The molecule has 0 unspecified atom stereocenters. The lowest BCUT2D eigenvalue weighted by molar-refractivity contribution is 0.293. The van der Waals surface area contributed by atoms with E-state index in [1.54, 1.807) is 13.4 Å². The van der Waals surface area contributed by atoms with Crippen molar-refractivity contribution in [2.24, 2.45) is 0 Å². The van der Waals surface area contributed by atoms with E-state index in [2.05, 4.69) is 43.1 Å². The van der Waals surface area contributed by atoms with Crippen molar-refractivity contribution in [3.8, 4) is 40.1 Å². The van der Waals surface area contributed by atoms with Crippen LogP contribution in [0.3, 0.4) is 0 Å². The van der Waals surface area contributed by atoms with Gasteiger partial charge >= 0.3 is 0 Å². The molecule has 0 N–H and O–H groups in total. The first kappa shape index (κ1) is 23.2. The molecule has 0 bridgehead atoms. The predicted molar refractivity (Wildman–Crippen MR) is 144 cm³/mol. The number of hydrogen-bond acceptors (Lipinski definition) is 8. The van der Waals surface area contributed by atoms with Crippen LogP contribution in [0, 0.1) is 0 Å². The first-order valence-electron chi connectivity index (χ1n) is 12.7. The molecule has 1 aliphatic heterocycles. The molecule has 39 heavy (non-hydrogen) atoms. The summed E-state index contributed by atoms with van der Waals surface area (Å²) in [5, 5.41) is 15.5. The standard InChI is InChI=1S/C29H25N7O3/c1-17(2)29-31-27(34-39-29)26-23-14-35-25(15-38-24-10-6-8-18-7-4-5-9-20(18)24)32-33-28(35)21-13-19(37-3)11-12-22(21)36(23)16-30-26/h4-13,16-17H,14-15H2,1-3H3. The highest BCUT2D eigenvalue weighted by Gasteiger charge is 2.28. The van der Waals surface area contributed by atoms with Crippen LogP contribution in [0.25, 0.3) is 39.4 Å². The minimum atomic E-state index is 0.114. The van der Waals surface area contributed by atoms with Crippen molar-refractivity contribution in [1.29, 1.82) is 0 Å². The Balaban J connectivity index is 1.33. The summed E-state index contributed by atoms with van der Waals surface area (Å²) in [6.45, 7) is 4.71. The van der Waals surface area contributed by atoms with Crippen LogP contribution < -0.4 is 9.47 Å². The van der Waals surface area contributed by atoms with Crippen molar-refractivity contribution >= 4 is 10.8 Å². The molecule has 4 heterocycles. The monoisotopic (exact) mass is 519 g/mol. The Hall–Kier alpha value is -4.99. The van der Waals surface area contributed by atoms with E-state index in [9.17, 15) is 0 Å². The molecule has 0 saturated heterocycles. The van der Waals surface area contributed by atoms with Crippen molar-refractivity contribution < 1.29 is 14.0 Å². The molecule has 3 aromatic heterocycles. The molecule has 0 fully saturated rings. The van der Waals surface area contributed by atoms with Crippen LogP contribution in [0.1, 0.15) is 37.2 Å². The zero-order valence-electron chi connectivity index (χ0n) is 21.7. The van der Waals surface area contributed by atoms with Gasteiger partial charge in [-0.3, -0.25) is 4.57 Å². The summed E-state index contributed by atoms with van der Waals surface area (Å²) < 4.78 is 21.4. The average molecular weight is 520 g/mol. The minimum absolute atomic E-state index is 0.114. The lowest BCUT2D eigenvalue weighted by atomic mass is 10.1. The first-order chi connectivity index (χ1) is 19.1. The molecule has 0 radical (unpaired) electrons. The summed E-state index contributed by atoms with van der Waals surface area (Å²) in [6.07, 6.45) is 1.79. The van der Waals surface area contributed by atoms with E-state index in [0.717, 1.165) is 39.2 Å². The molecule has 10 heteroatoms. The van der Waals surface area contributed by atoms with Crippen LogP contribution in [0.4, 0.5) is 0 Å². The van der Waals surface area contributed by atoms with E-state index >= 15 is 0 Å². The molecule has 0 saturated carbocycles. The predicted octanol–water partition coefficient (Wildman–Crippen LogP) is 5.41. The van der Waals surface area contributed by atoms with Gasteiger partial charge in [-0.1, -0.05) is 55.4 Å². The number of fused-ring (bicyclic) bond motifs is 6. The molecule has 7 rings (SSSR count). The van der Waals surface area contributed by atoms with Crippen molar-refractivity contribution in [1.82, 2.24) is 34.5 Å². The number of methoxy groups -OCH3 is 1. The van der Waals surface area contributed by atoms with E-state index in [1.807, 2.05) is 60.9 Å². The van der Waals surface area contributed by atoms with Gasteiger partial charge in [0.1, 0.15) is 30.1 Å². The molecule has 6 aromatic rings. The fraction of sp³-hybridized carbons (Fsp3) is 0.207. The zero-order valence-corrected chi connectivity index (χ0v) is 21.7. The quantitative estimate of drug-likeness (QED) is 0.287. The van der Waals surface area contributed by atoms with Crippen molar-refractivity contribution in [2.75, 3.05) is 7.11 Å². The van der Waals surface area contributed by atoms with Crippen LogP contribution in [-0.2, 0) is 13.2 Å². The summed E-state index contributed by atoms with van der Waals surface area (Å²) in [7, 11) is 1.65. The molecule has 0 atom stereocenters. The van der Waals surface area contributed by atoms with E-state index in [0.29, 0.717) is 35.6 Å². The van der Waals surface area contributed by atoms with Gasteiger partial charge in [0.05, 0.1) is 25.0 Å². The highest BCUT2D eigenvalue weighted by atomic mass is 16.5. The lowest BCUT2D eigenvalue weighted by Gasteiger charge is -2.11. The van der Waals surface area contributed by atoms with Crippen molar-refractivity contribution in [3.05, 3.63) is 84.4 Å².